The average molecular weight is 385 g/mol. The zero-order valence-electron chi connectivity index (χ0n) is 16.3. The Balaban J connectivity index is 1.31. The molecule has 8 heteroatoms. The summed E-state index contributed by atoms with van der Waals surface area (Å²) < 4.78 is 7.88. The number of hydrogen-bond acceptors (Lipinski definition) is 4. The third-order valence-electron chi connectivity index (χ3n) is 5.79. The molecule has 4 heterocycles. The van der Waals surface area contributed by atoms with Crippen molar-refractivity contribution in [2.45, 2.75) is 31.3 Å². The maximum atomic E-state index is 12.7. The lowest BCUT2D eigenvalue weighted by molar-refractivity contribution is -0.158. The molecule has 2 fully saturated rings. The van der Waals surface area contributed by atoms with Crippen LogP contribution in [0.3, 0.4) is 0 Å². The van der Waals surface area contributed by atoms with Crippen LogP contribution in [0.25, 0.3) is 0 Å². The van der Waals surface area contributed by atoms with Gasteiger partial charge >= 0.3 is 0 Å². The molecule has 2 aromatic heterocycles. The molecule has 2 aliphatic rings. The van der Waals surface area contributed by atoms with Crippen LogP contribution in [0.15, 0.2) is 30.9 Å². The molecule has 8 nitrogen and oxygen atoms in total. The third kappa shape index (κ3) is 3.96. The lowest BCUT2D eigenvalue weighted by atomic mass is 9.89. The van der Waals surface area contributed by atoms with E-state index in [0.29, 0.717) is 51.2 Å². The second-order valence-corrected chi connectivity index (χ2v) is 7.76. The molecule has 28 heavy (non-hydrogen) atoms. The molecule has 2 amide bonds. The van der Waals surface area contributed by atoms with E-state index in [1.165, 1.54) is 0 Å². The Hall–Kier alpha value is -2.61. The van der Waals surface area contributed by atoms with Crippen LogP contribution >= 0.6 is 0 Å². The fraction of sp³-hybridized carbons (Fsp3) is 0.550. The van der Waals surface area contributed by atoms with E-state index in [9.17, 15) is 9.59 Å². The van der Waals surface area contributed by atoms with E-state index in [0.717, 1.165) is 18.4 Å². The molecular weight excluding hydrogens is 358 g/mol. The second kappa shape index (κ2) is 7.79. The number of carbonyl (C=O) groups excluding carboxylic acids is 2. The van der Waals surface area contributed by atoms with Gasteiger partial charge in [-0.2, -0.15) is 5.10 Å². The standard InChI is InChI=1S/C20H27N5O3/c1-23-14-16(12-22-23)2-3-18(26)25-10-11-28-20(15-25)5-8-24(9-6-20)19(27)17-4-7-21-13-17/h4,7,12-14,21H,2-3,5-6,8-11,15H2,1H3. The minimum atomic E-state index is -0.322. The number of aromatic amines is 1. The van der Waals surface area contributed by atoms with Gasteiger partial charge in [0.2, 0.25) is 5.91 Å². The van der Waals surface area contributed by atoms with Gasteiger partial charge in [0.1, 0.15) is 0 Å². The lowest BCUT2D eigenvalue weighted by Crippen LogP contribution is -2.58. The first-order valence-electron chi connectivity index (χ1n) is 9.86. The molecule has 2 saturated heterocycles. The minimum Gasteiger partial charge on any atom is -0.371 e. The minimum absolute atomic E-state index is 0.0521. The smallest absolute Gasteiger partial charge is 0.255 e. The van der Waals surface area contributed by atoms with Gasteiger partial charge in [-0.05, 0) is 30.9 Å². The van der Waals surface area contributed by atoms with Crippen LogP contribution in [-0.2, 0) is 23.0 Å². The first kappa shape index (κ1) is 18.7. The number of likely N-dealkylation sites (tertiary alicyclic amines) is 1. The molecule has 0 bridgehead atoms. The van der Waals surface area contributed by atoms with Gasteiger partial charge in [0, 0.05) is 58.2 Å². The molecule has 0 aromatic carbocycles. The van der Waals surface area contributed by atoms with Crippen LogP contribution in [-0.4, -0.2) is 74.8 Å². The molecule has 0 unspecified atom stereocenters. The highest BCUT2D eigenvalue weighted by Gasteiger charge is 2.41. The molecule has 0 atom stereocenters. The Bertz CT molecular complexity index is 821. The summed E-state index contributed by atoms with van der Waals surface area (Å²) in [6.45, 7) is 3.12. The number of piperidine rings is 1. The Morgan fingerprint density at radius 1 is 1.25 bits per heavy atom. The normalized spacial score (nSPS) is 19.2. The summed E-state index contributed by atoms with van der Waals surface area (Å²) in [5.74, 6) is 0.216. The van der Waals surface area contributed by atoms with Crippen molar-refractivity contribution in [2.75, 3.05) is 32.8 Å². The first-order valence-corrected chi connectivity index (χ1v) is 9.86. The fourth-order valence-electron chi connectivity index (χ4n) is 4.13. The van der Waals surface area contributed by atoms with E-state index in [1.807, 2.05) is 29.2 Å². The Labute approximate surface area is 164 Å². The van der Waals surface area contributed by atoms with Crippen LogP contribution in [0, 0.1) is 0 Å². The van der Waals surface area contributed by atoms with Crippen molar-refractivity contribution in [3.63, 3.8) is 0 Å². The quantitative estimate of drug-likeness (QED) is 0.858. The number of carbonyl (C=O) groups is 2. The zero-order valence-corrected chi connectivity index (χ0v) is 16.3. The SMILES string of the molecule is Cn1cc(CCC(=O)N2CCOC3(CCN(C(=O)c4cc[nH]c4)CC3)C2)cn1. The monoisotopic (exact) mass is 385 g/mol. The molecule has 2 aliphatic heterocycles. The molecule has 1 spiro atoms. The van der Waals surface area contributed by atoms with Crippen LogP contribution in [0.5, 0.6) is 0 Å². The second-order valence-electron chi connectivity index (χ2n) is 7.76. The van der Waals surface area contributed by atoms with Gasteiger partial charge in [0.05, 0.1) is 24.0 Å². The maximum absolute atomic E-state index is 12.7. The Kier molecular flexibility index (Phi) is 5.21. The summed E-state index contributed by atoms with van der Waals surface area (Å²) in [6.07, 6.45) is 9.96. The lowest BCUT2D eigenvalue weighted by Gasteiger charge is -2.47. The summed E-state index contributed by atoms with van der Waals surface area (Å²) >= 11 is 0. The van der Waals surface area contributed by atoms with Crippen molar-refractivity contribution in [3.8, 4) is 0 Å². The van der Waals surface area contributed by atoms with Gasteiger partial charge in [0.25, 0.3) is 5.91 Å². The van der Waals surface area contributed by atoms with Gasteiger partial charge in [-0.3, -0.25) is 14.3 Å². The van der Waals surface area contributed by atoms with E-state index >= 15 is 0 Å². The van der Waals surface area contributed by atoms with Gasteiger partial charge in [-0.1, -0.05) is 0 Å². The van der Waals surface area contributed by atoms with Crippen LogP contribution in [0.4, 0.5) is 0 Å². The Morgan fingerprint density at radius 2 is 2.07 bits per heavy atom. The van der Waals surface area contributed by atoms with Crippen molar-refractivity contribution < 1.29 is 14.3 Å². The number of ether oxygens (including phenoxy) is 1. The molecule has 0 saturated carbocycles. The number of rotatable bonds is 4. The molecule has 4 rings (SSSR count). The van der Waals surface area contributed by atoms with Crippen molar-refractivity contribution in [2.24, 2.45) is 7.05 Å². The van der Waals surface area contributed by atoms with Crippen LogP contribution in [0.2, 0.25) is 0 Å². The van der Waals surface area contributed by atoms with Crippen molar-refractivity contribution >= 4 is 11.8 Å². The van der Waals surface area contributed by atoms with Crippen LogP contribution in [0.1, 0.15) is 35.2 Å². The molecular formula is C20H27N5O3. The van der Waals surface area contributed by atoms with E-state index in [-0.39, 0.29) is 17.4 Å². The average Bonchev–Trinajstić information content (AvgIpc) is 3.38. The van der Waals surface area contributed by atoms with Crippen molar-refractivity contribution in [1.82, 2.24) is 24.6 Å². The van der Waals surface area contributed by atoms with Gasteiger partial charge in [-0.15, -0.1) is 0 Å². The summed E-state index contributed by atoms with van der Waals surface area (Å²) in [6, 6.07) is 1.80. The van der Waals surface area contributed by atoms with E-state index in [1.54, 1.807) is 23.1 Å². The predicted molar refractivity (Wildman–Crippen MR) is 103 cm³/mol. The van der Waals surface area contributed by atoms with Crippen molar-refractivity contribution in [3.05, 3.63) is 42.0 Å². The number of H-pyrrole nitrogens is 1. The number of morpholine rings is 1. The third-order valence-corrected chi connectivity index (χ3v) is 5.79. The molecule has 2 aromatic rings. The highest BCUT2D eigenvalue weighted by atomic mass is 16.5. The fourth-order valence-corrected chi connectivity index (χ4v) is 4.13. The summed E-state index contributed by atoms with van der Waals surface area (Å²) in [7, 11) is 1.88. The topological polar surface area (TPSA) is 83.5 Å². The Morgan fingerprint density at radius 3 is 2.75 bits per heavy atom. The van der Waals surface area contributed by atoms with E-state index in [2.05, 4.69) is 10.1 Å². The van der Waals surface area contributed by atoms with Gasteiger partial charge in [-0.25, -0.2) is 0 Å². The number of aromatic nitrogens is 3. The van der Waals surface area contributed by atoms with Crippen LogP contribution < -0.4 is 0 Å². The van der Waals surface area contributed by atoms with Crippen molar-refractivity contribution in [1.29, 1.82) is 0 Å². The van der Waals surface area contributed by atoms with E-state index < -0.39 is 0 Å². The van der Waals surface area contributed by atoms with Gasteiger partial charge < -0.3 is 19.5 Å². The summed E-state index contributed by atoms with van der Waals surface area (Å²) in [5, 5.41) is 4.15. The van der Waals surface area contributed by atoms with E-state index in [4.69, 9.17) is 4.74 Å². The predicted octanol–water partition coefficient (Wildman–Crippen LogP) is 1.21. The first-order chi connectivity index (χ1) is 13.5. The highest BCUT2D eigenvalue weighted by Crippen LogP contribution is 2.31. The van der Waals surface area contributed by atoms with Gasteiger partial charge in [0.15, 0.2) is 0 Å². The number of hydrogen-bond donors (Lipinski definition) is 1. The molecule has 1 N–H and O–H groups in total. The summed E-state index contributed by atoms with van der Waals surface area (Å²) in [5.41, 5.74) is 1.44. The number of nitrogens with one attached hydrogen (secondary N) is 1. The molecule has 150 valence electrons. The molecule has 0 aliphatic carbocycles. The summed E-state index contributed by atoms with van der Waals surface area (Å²) in [4.78, 5) is 32.0. The maximum Gasteiger partial charge on any atom is 0.255 e. The molecule has 0 radical (unpaired) electrons. The highest BCUT2D eigenvalue weighted by molar-refractivity contribution is 5.94. The number of amides is 2. The number of aryl methyl sites for hydroxylation is 2. The largest absolute Gasteiger partial charge is 0.371 e. The number of nitrogens with zero attached hydrogens (tertiary/aromatic N) is 4. The zero-order chi connectivity index (χ0) is 19.6.